The molecule has 2 aliphatic rings. The number of hydrogen-bond donors (Lipinski definition) is 2. The molecule has 1 aromatic carbocycles. The average Bonchev–Trinajstić information content (AvgIpc) is 2.93. The van der Waals surface area contributed by atoms with Gasteiger partial charge < -0.3 is 20.5 Å². The SMILES string of the molecule is CC1(C)CC(NC(=O)C2CCOC2)c2cc(N)ccc2O1. The van der Waals surface area contributed by atoms with E-state index in [1.54, 1.807) is 0 Å². The number of rotatable bonds is 2. The Balaban J connectivity index is 1.83. The Hall–Kier alpha value is -1.75. The summed E-state index contributed by atoms with van der Waals surface area (Å²) in [6, 6.07) is 5.52. The van der Waals surface area contributed by atoms with Gasteiger partial charge in [-0.25, -0.2) is 0 Å². The van der Waals surface area contributed by atoms with E-state index < -0.39 is 0 Å². The number of nitrogens with two attached hydrogens (primary N) is 1. The van der Waals surface area contributed by atoms with Gasteiger partial charge in [0.25, 0.3) is 0 Å². The van der Waals surface area contributed by atoms with Gasteiger partial charge in [0, 0.05) is 24.3 Å². The number of anilines is 1. The molecule has 3 N–H and O–H groups in total. The predicted molar refractivity (Wildman–Crippen MR) is 80.0 cm³/mol. The second-order valence-corrected chi connectivity index (χ2v) is 6.48. The van der Waals surface area contributed by atoms with Crippen LogP contribution in [0.3, 0.4) is 0 Å². The first-order chi connectivity index (χ1) is 9.94. The lowest BCUT2D eigenvalue weighted by Gasteiger charge is -2.38. The monoisotopic (exact) mass is 290 g/mol. The van der Waals surface area contributed by atoms with Crippen LogP contribution in [0.25, 0.3) is 0 Å². The quantitative estimate of drug-likeness (QED) is 0.817. The molecular weight excluding hydrogens is 268 g/mol. The predicted octanol–water partition coefficient (Wildman–Crippen LogP) is 2.02. The highest BCUT2D eigenvalue weighted by Gasteiger charge is 2.36. The van der Waals surface area contributed by atoms with E-state index in [1.165, 1.54) is 0 Å². The molecule has 0 aromatic heterocycles. The van der Waals surface area contributed by atoms with Gasteiger partial charge in [-0.15, -0.1) is 0 Å². The van der Waals surface area contributed by atoms with Gasteiger partial charge in [0.15, 0.2) is 0 Å². The van der Waals surface area contributed by atoms with Crippen LogP contribution in [0, 0.1) is 5.92 Å². The zero-order chi connectivity index (χ0) is 15.0. The van der Waals surface area contributed by atoms with Crippen molar-refractivity contribution in [3.63, 3.8) is 0 Å². The van der Waals surface area contributed by atoms with Crippen molar-refractivity contribution in [1.82, 2.24) is 5.32 Å². The van der Waals surface area contributed by atoms with Crippen LogP contribution in [-0.4, -0.2) is 24.7 Å². The van der Waals surface area contributed by atoms with Crippen molar-refractivity contribution < 1.29 is 14.3 Å². The van der Waals surface area contributed by atoms with Gasteiger partial charge >= 0.3 is 0 Å². The molecule has 2 aliphatic heterocycles. The Morgan fingerprint density at radius 3 is 2.95 bits per heavy atom. The van der Waals surface area contributed by atoms with Crippen molar-refractivity contribution in [2.75, 3.05) is 18.9 Å². The maximum absolute atomic E-state index is 12.4. The number of benzene rings is 1. The molecule has 3 rings (SSSR count). The number of carbonyl (C=O) groups is 1. The molecule has 2 heterocycles. The summed E-state index contributed by atoms with van der Waals surface area (Å²) in [6.45, 7) is 5.25. The van der Waals surface area contributed by atoms with Gasteiger partial charge in [0.1, 0.15) is 11.4 Å². The molecule has 0 bridgehead atoms. The summed E-state index contributed by atoms with van der Waals surface area (Å²) >= 11 is 0. The molecule has 1 aromatic rings. The maximum atomic E-state index is 12.4. The lowest BCUT2D eigenvalue weighted by atomic mass is 9.89. The molecule has 1 amide bonds. The Bertz CT molecular complexity index is 550. The summed E-state index contributed by atoms with van der Waals surface area (Å²) in [5, 5.41) is 3.15. The van der Waals surface area contributed by atoms with Crippen LogP contribution >= 0.6 is 0 Å². The molecule has 0 saturated carbocycles. The number of nitrogens with one attached hydrogen (secondary N) is 1. The first-order valence-electron chi connectivity index (χ1n) is 7.41. The second kappa shape index (κ2) is 5.22. The molecule has 5 nitrogen and oxygen atoms in total. The minimum atomic E-state index is -0.312. The standard InChI is InChI=1S/C16H22N2O3/c1-16(2)8-13(18-15(19)10-5-6-20-9-10)12-7-11(17)3-4-14(12)21-16/h3-4,7,10,13H,5-6,8-9,17H2,1-2H3,(H,18,19). The summed E-state index contributed by atoms with van der Waals surface area (Å²) in [7, 11) is 0. The molecule has 0 spiro atoms. The smallest absolute Gasteiger partial charge is 0.226 e. The fraction of sp³-hybridized carbons (Fsp3) is 0.562. The van der Waals surface area contributed by atoms with E-state index in [0.717, 1.165) is 24.2 Å². The largest absolute Gasteiger partial charge is 0.487 e. The fourth-order valence-electron chi connectivity index (χ4n) is 3.03. The van der Waals surface area contributed by atoms with Crippen molar-refractivity contribution in [2.24, 2.45) is 5.92 Å². The Kier molecular flexibility index (Phi) is 3.53. The number of hydrogen-bond acceptors (Lipinski definition) is 4. The molecule has 1 fully saturated rings. The highest BCUT2D eigenvalue weighted by molar-refractivity contribution is 5.79. The lowest BCUT2D eigenvalue weighted by molar-refractivity contribution is -0.126. The zero-order valence-electron chi connectivity index (χ0n) is 12.5. The van der Waals surface area contributed by atoms with E-state index in [9.17, 15) is 4.79 Å². The Labute approximate surface area is 124 Å². The van der Waals surface area contributed by atoms with Crippen molar-refractivity contribution >= 4 is 11.6 Å². The molecule has 2 atom stereocenters. The van der Waals surface area contributed by atoms with Crippen molar-refractivity contribution in [2.45, 2.75) is 38.3 Å². The molecular formula is C16H22N2O3. The number of fused-ring (bicyclic) bond motifs is 1. The molecule has 5 heteroatoms. The zero-order valence-corrected chi connectivity index (χ0v) is 12.5. The van der Waals surface area contributed by atoms with Crippen LogP contribution in [-0.2, 0) is 9.53 Å². The Morgan fingerprint density at radius 2 is 2.24 bits per heavy atom. The summed E-state index contributed by atoms with van der Waals surface area (Å²) in [5.74, 6) is 0.817. The second-order valence-electron chi connectivity index (χ2n) is 6.48. The normalized spacial score (nSPS) is 26.8. The van der Waals surface area contributed by atoms with Crippen molar-refractivity contribution in [1.29, 1.82) is 0 Å². The third kappa shape index (κ3) is 2.97. The summed E-state index contributed by atoms with van der Waals surface area (Å²) in [5.41, 5.74) is 7.20. The first kappa shape index (κ1) is 14.2. The highest BCUT2D eigenvalue weighted by Crippen LogP contribution is 2.40. The van der Waals surface area contributed by atoms with E-state index in [-0.39, 0.29) is 23.5 Å². The van der Waals surface area contributed by atoms with Gasteiger partial charge in [0.2, 0.25) is 5.91 Å². The number of amides is 1. The van der Waals surface area contributed by atoms with Crippen LogP contribution in [0.4, 0.5) is 5.69 Å². The Morgan fingerprint density at radius 1 is 1.43 bits per heavy atom. The minimum absolute atomic E-state index is 0.0412. The number of nitrogen functional groups attached to an aromatic ring is 1. The van der Waals surface area contributed by atoms with Crippen molar-refractivity contribution in [3.05, 3.63) is 23.8 Å². The van der Waals surface area contributed by atoms with Gasteiger partial charge in [-0.1, -0.05) is 0 Å². The van der Waals surface area contributed by atoms with Gasteiger partial charge in [-0.05, 0) is 38.5 Å². The highest BCUT2D eigenvalue weighted by atomic mass is 16.5. The molecule has 2 unspecified atom stereocenters. The average molecular weight is 290 g/mol. The van der Waals surface area contributed by atoms with E-state index >= 15 is 0 Å². The number of ether oxygens (including phenoxy) is 2. The third-order valence-corrected chi connectivity index (χ3v) is 4.11. The molecule has 21 heavy (non-hydrogen) atoms. The van der Waals surface area contributed by atoms with Crippen LogP contribution in [0.5, 0.6) is 5.75 Å². The summed E-state index contributed by atoms with van der Waals surface area (Å²) < 4.78 is 11.3. The first-order valence-corrected chi connectivity index (χ1v) is 7.41. The lowest BCUT2D eigenvalue weighted by Crippen LogP contribution is -2.43. The van der Waals surface area contributed by atoms with Crippen LogP contribution in [0.2, 0.25) is 0 Å². The van der Waals surface area contributed by atoms with E-state index in [2.05, 4.69) is 5.32 Å². The van der Waals surface area contributed by atoms with Gasteiger partial charge in [0.05, 0.1) is 18.6 Å². The molecule has 0 aliphatic carbocycles. The minimum Gasteiger partial charge on any atom is -0.487 e. The van der Waals surface area contributed by atoms with Crippen LogP contribution < -0.4 is 15.8 Å². The van der Waals surface area contributed by atoms with Crippen LogP contribution in [0.1, 0.15) is 38.3 Å². The van der Waals surface area contributed by atoms with Crippen molar-refractivity contribution in [3.8, 4) is 5.75 Å². The maximum Gasteiger partial charge on any atom is 0.226 e. The van der Waals surface area contributed by atoms with Gasteiger partial charge in [-0.2, -0.15) is 0 Å². The summed E-state index contributed by atoms with van der Waals surface area (Å²) in [4.78, 5) is 12.4. The fourth-order valence-corrected chi connectivity index (χ4v) is 3.03. The third-order valence-electron chi connectivity index (χ3n) is 4.11. The topological polar surface area (TPSA) is 73.6 Å². The van der Waals surface area contributed by atoms with Crippen LogP contribution in [0.15, 0.2) is 18.2 Å². The number of carbonyl (C=O) groups excluding carboxylic acids is 1. The molecule has 1 saturated heterocycles. The molecule has 0 radical (unpaired) electrons. The van der Waals surface area contributed by atoms with E-state index in [1.807, 2.05) is 32.0 Å². The van der Waals surface area contributed by atoms with E-state index in [4.69, 9.17) is 15.2 Å². The molecule has 114 valence electrons. The van der Waals surface area contributed by atoms with E-state index in [0.29, 0.717) is 18.9 Å². The van der Waals surface area contributed by atoms with Gasteiger partial charge in [-0.3, -0.25) is 4.79 Å². The summed E-state index contributed by atoms with van der Waals surface area (Å²) in [6.07, 6.45) is 1.52.